The van der Waals surface area contributed by atoms with E-state index in [1.807, 2.05) is 39.0 Å². The molecule has 1 aliphatic carbocycles. The lowest BCUT2D eigenvalue weighted by atomic mass is 9.57. The van der Waals surface area contributed by atoms with E-state index in [1.165, 1.54) is 19.1 Å². The maximum Gasteiger partial charge on any atom is 0.410 e. The first kappa shape index (κ1) is 27.9. The average Bonchev–Trinajstić information content (AvgIpc) is 3.13. The van der Waals surface area contributed by atoms with Crippen molar-refractivity contribution in [2.24, 2.45) is 5.41 Å². The number of hydrogen-bond acceptors (Lipinski definition) is 7. The van der Waals surface area contributed by atoms with Crippen LogP contribution in [-0.4, -0.2) is 89.4 Å². The molecular weight excluding hydrogens is 558 g/mol. The van der Waals surface area contributed by atoms with Crippen LogP contribution in [0.4, 0.5) is 4.79 Å². The average molecular weight is 592 g/mol. The summed E-state index contributed by atoms with van der Waals surface area (Å²) in [4.78, 5) is 51.6. The minimum atomic E-state index is -0.564. The van der Waals surface area contributed by atoms with E-state index in [9.17, 15) is 19.2 Å². The SMILES string of the molecule is COC(=O)CNC(=O)CN(C)C(=O)Cn1nc(C2CC3(C2)CN(C(=O)OC(C)(C)C)C3)c2c(Br)cccc21. The Morgan fingerprint density at radius 3 is 2.53 bits per heavy atom. The molecule has 12 heteroatoms. The number of benzene rings is 1. The lowest BCUT2D eigenvalue weighted by Gasteiger charge is -2.58. The first-order valence-corrected chi connectivity index (χ1v) is 13.3. The summed E-state index contributed by atoms with van der Waals surface area (Å²) < 4.78 is 12.6. The largest absolute Gasteiger partial charge is 0.468 e. The molecule has 4 rings (SSSR count). The van der Waals surface area contributed by atoms with Crippen molar-refractivity contribution in [2.75, 3.05) is 40.3 Å². The van der Waals surface area contributed by atoms with E-state index in [0.29, 0.717) is 13.1 Å². The van der Waals surface area contributed by atoms with Crippen LogP contribution in [0, 0.1) is 5.41 Å². The van der Waals surface area contributed by atoms with Crippen molar-refractivity contribution < 1.29 is 28.7 Å². The molecule has 0 atom stereocenters. The van der Waals surface area contributed by atoms with Crippen LogP contribution in [0.1, 0.15) is 45.2 Å². The van der Waals surface area contributed by atoms with Gasteiger partial charge in [0.25, 0.3) is 0 Å². The zero-order chi connectivity index (χ0) is 27.8. The molecule has 1 aromatic carbocycles. The molecule has 11 nitrogen and oxygen atoms in total. The second kappa shape index (κ2) is 10.5. The summed E-state index contributed by atoms with van der Waals surface area (Å²) in [7, 11) is 2.77. The van der Waals surface area contributed by atoms with E-state index in [-0.39, 0.29) is 43.0 Å². The van der Waals surface area contributed by atoms with Gasteiger partial charge in [0, 0.05) is 41.3 Å². The van der Waals surface area contributed by atoms with Gasteiger partial charge in [0.05, 0.1) is 24.9 Å². The Balaban J connectivity index is 1.40. The highest BCUT2D eigenvalue weighted by Gasteiger charge is 2.55. The lowest BCUT2D eigenvalue weighted by Crippen LogP contribution is -2.63. The van der Waals surface area contributed by atoms with Crippen LogP contribution >= 0.6 is 15.9 Å². The molecule has 0 radical (unpaired) electrons. The molecule has 2 heterocycles. The second-order valence-corrected chi connectivity index (χ2v) is 12.1. The minimum absolute atomic E-state index is 0.0297. The number of rotatable bonds is 7. The zero-order valence-electron chi connectivity index (χ0n) is 22.4. The normalized spacial score (nSPS) is 16.5. The predicted molar refractivity (Wildman–Crippen MR) is 142 cm³/mol. The molecule has 0 bridgehead atoms. The smallest absolute Gasteiger partial charge is 0.410 e. The number of amides is 3. The molecule has 0 unspecified atom stereocenters. The summed E-state index contributed by atoms with van der Waals surface area (Å²) >= 11 is 3.65. The molecule has 206 valence electrons. The highest BCUT2D eigenvalue weighted by Crippen LogP contribution is 2.57. The Hall–Kier alpha value is -3.15. The molecule has 3 amide bonds. The highest BCUT2D eigenvalue weighted by molar-refractivity contribution is 9.10. The lowest BCUT2D eigenvalue weighted by molar-refractivity contribution is -0.141. The number of ether oxygens (including phenoxy) is 2. The van der Waals surface area contributed by atoms with Gasteiger partial charge >= 0.3 is 12.1 Å². The minimum Gasteiger partial charge on any atom is -0.468 e. The number of esters is 1. The maximum atomic E-state index is 12.9. The molecule has 1 aromatic heterocycles. The predicted octanol–water partition coefficient (Wildman–Crippen LogP) is 2.66. The van der Waals surface area contributed by atoms with Crippen LogP contribution in [0.2, 0.25) is 0 Å². The summed E-state index contributed by atoms with van der Waals surface area (Å²) in [6, 6.07) is 5.78. The van der Waals surface area contributed by atoms with Gasteiger partial charge in [-0.05, 0) is 45.7 Å². The molecule has 1 spiro atoms. The van der Waals surface area contributed by atoms with Gasteiger partial charge in [-0.15, -0.1) is 0 Å². The van der Waals surface area contributed by atoms with Crippen molar-refractivity contribution in [3.63, 3.8) is 0 Å². The van der Waals surface area contributed by atoms with E-state index in [2.05, 4.69) is 26.0 Å². The fourth-order valence-corrected chi connectivity index (χ4v) is 5.69. The third kappa shape index (κ3) is 5.95. The van der Waals surface area contributed by atoms with Crippen LogP contribution in [-0.2, 0) is 30.4 Å². The molecule has 1 N–H and O–H groups in total. The van der Waals surface area contributed by atoms with Crippen LogP contribution in [0.3, 0.4) is 0 Å². The van der Waals surface area contributed by atoms with Gasteiger partial charge in [0.1, 0.15) is 18.7 Å². The number of nitrogens with zero attached hydrogens (tertiary/aromatic N) is 4. The van der Waals surface area contributed by atoms with Gasteiger partial charge in [-0.25, -0.2) is 4.79 Å². The molecule has 1 aliphatic heterocycles. The Labute approximate surface area is 229 Å². The number of aromatic nitrogens is 2. The van der Waals surface area contributed by atoms with Gasteiger partial charge in [0.2, 0.25) is 11.8 Å². The number of methoxy groups -OCH3 is 1. The highest BCUT2D eigenvalue weighted by atomic mass is 79.9. The maximum absolute atomic E-state index is 12.9. The summed E-state index contributed by atoms with van der Waals surface area (Å²) in [6.45, 7) is 6.48. The number of likely N-dealkylation sites (tertiary alicyclic amines) is 1. The third-order valence-corrected chi connectivity index (χ3v) is 7.61. The first-order valence-electron chi connectivity index (χ1n) is 12.5. The van der Waals surface area contributed by atoms with Gasteiger partial charge in [-0.2, -0.15) is 5.10 Å². The van der Waals surface area contributed by atoms with E-state index in [4.69, 9.17) is 9.84 Å². The molecule has 1 saturated carbocycles. The first-order chi connectivity index (χ1) is 17.8. The van der Waals surface area contributed by atoms with Crippen LogP contribution < -0.4 is 5.32 Å². The van der Waals surface area contributed by atoms with Crippen molar-refractivity contribution in [1.29, 1.82) is 0 Å². The van der Waals surface area contributed by atoms with Gasteiger partial charge in [-0.1, -0.05) is 22.0 Å². The van der Waals surface area contributed by atoms with E-state index >= 15 is 0 Å². The summed E-state index contributed by atoms with van der Waals surface area (Å²) in [5.41, 5.74) is 1.33. The number of nitrogens with one attached hydrogen (secondary N) is 1. The fourth-order valence-electron chi connectivity index (χ4n) is 5.13. The number of likely N-dealkylation sites (N-methyl/N-ethyl adjacent to an activating group) is 1. The quantitative estimate of drug-likeness (QED) is 0.491. The van der Waals surface area contributed by atoms with Crippen molar-refractivity contribution in [3.05, 3.63) is 28.4 Å². The Morgan fingerprint density at radius 1 is 1.21 bits per heavy atom. The van der Waals surface area contributed by atoms with Crippen molar-refractivity contribution in [1.82, 2.24) is 24.9 Å². The fraction of sp³-hybridized carbons (Fsp3) is 0.577. The monoisotopic (exact) mass is 591 g/mol. The molecule has 2 aliphatic rings. The van der Waals surface area contributed by atoms with Gasteiger partial charge < -0.3 is 24.6 Å². The van der Waals surface area contributed by atoms with E-state index in [0.717, 1.165) is 33.9 Å². The van der Waals surface area contributed by atoms with Gasteiger partial charge in [0.15, 0.2) is 0 Å². The Bertz CT molecular complexity index is 1250. The van der Waals surface area contributed by atoms with E-state index in [1.54, 1.807) is 9.58 Å². The van der Waals surface area contributed by atoms with Crippen molar-refractivity contribution in [2.45, 2.75) is 51.7 Å². The number of hydrogen-bond donors (Lipinski definition) is 1. The topological polar surface area (TPSA) is 123 Å². The third-order valence-electron chi connectivity index (χ3n) is 6.95. The number of carbonyl (C=O) groups is 4. The summed E-state index contributed by atoms with van der Waals surface area (Å²) in [5, 5.41) is 8.24. The Kier molecular flexibility index (Phi) is 7.74. The molecule has 2 aromatic rings. The number of fused-ring (bicyclic) bond motifs is 1. The Morgan fingerprint density at radius 2 is 1.89 bits per heavy atom. The van der Waals surface area contributed by atoms with Crippen molar-refractivity contribution in [3.8, 4) is 0 Å². The number of carbonyl (C=O) groups excluding carboxylic acids is 4. The molecule has 2 fully saturated rings. The van der Waals surface area contributed by atoms with Crippen LogP contribution in [0.5, 0.6) is 0 Å². The van der Waals surface area contributed by atoms with Crippen LogP contribution in [0.25, 0.3) is 10.9 Å². The molecule has 1 saturated heterocycles. The van der Waals surface area contributed by atoms with Gasteiger partial charge in [-0.3, -0.25) is 19.1 Å². The summed E-state index contributed by atoms with van der Waals surface area (Å²) in [6.07, 6.45) is 1.55. The second-order valence-electron chi connectivity index (χ2n) is 11.2. The summed E-state index contributed by atoms with van der Waals surface area (Å²) in [5.74, 6) is -1.09. The molecular formula is C26H34BrN5O6. The van der Waals surface area contributed by atoms with Crippen LogP contribution in [0.15, 0.2) is 22.7 Å². The standard InChI is InChI=1S/C26H34BrN5O6/c1-25(2,3)38-24(36)31-14-26(15-31)9-16(10-26)23-22-17(27)7-6-8-18(22)32(29-23)13-20(34)30(4)12-19(33)28-11-21(35)37-5/h6-8,16H,9-15H2,1-5H3,(H,28,33). The molecule has 38 heavy (non-hydrogen) atoms. The van der Waals surface area contributed by atoms with E-state index < -0.39 is 17.5 Å². The zero-order valence-corrected chi connectivity index (χ0v) is 24.0. The van der Waals surface area contributed by atoms with Crippen molar-refractivity contribution >= 4 is 50.7 Å². The number of halogens is 1.